The summed E-state index contributed by atoms with van der Waals surface area (Å²) < 4.78 is 11.0. The summed E-state index contributed by atoms with van der Waals surface area (Å²) in [6.45, 7) is 1.71. The molecule has 0 saturated carbocycles. The SMILES string of the molecule is O=C(O)C1CCN(C(c2ccc(Cl)cc2)c2ccc3c(c2)OCO3)CC1. The van der Waals surface area contributed by atoms with Gasteiger partial charge in [0.2, 0.25) is 6.79 Å². The van der Waals surface area contributed by atoms with E-state index in [4.69, 9.17) is 21.1 Å². The molecule has 26 heavy (non-hydrogen) atoms. The number of fused-ring (bicyclic) bond motifs is 1. The molecule has 2 aromatic carbocycles. The summed E-state index contributed by atoms with van der Waals surface area (Å²) in [4.78, 5) is 13.6. The van der Waals surface area contributed by atoms with Gasteiger partial charge < -0.3 is 14.6 Å². The maximum atomic E-state index is 11.3. The van der Waals surface area contributed by atoms with E-state index < -0.39 is 5.97 Å². The van der Waals surface area contributed by atoms with Crippen LogP contribution < -0.4 is 9.47 Å². The van der Waals surface area contributed by atoms with E-state index in [2.05, 4.69) is 11.0 Å². The van der Waals surface area contributed by atoms with Crippen LogP contribution in [0.3, 0.4) is 0 Å². The molecule has 0 amide bonds. The highest BCUT2D eigenvalue weighted by molar-refractivity contribution is 6.30. The minimum Gasteiger partial charge on any atom is -0.481 e. The maximum Gasteiger partial charge on any atom is 0.306 e. The second kappa shape index (κ2) is 7.17. The Hall–Kier alpha value is -2.24. The zero-order valence-corrected chi connectivity index (χ0v) is 15.0. The Morgan fingerprint density at radius 1 is 1.04 bits per heavy atom. The van der Waals surface area contributed by atoms with Crippen LogP contribution in [0.25, 0.3) is 0 Å². The molecule has 0 radical (unpaired) electrons. The summed E-state index contributed by atoms with van der Waals surface area (Å²) in [5.41, 5.74) is 2.23. The fourth-order valence-electron chi connectivity index (χ4n) is 3.75. The van der Waals surface area contributed by atoms with Crippen molar-refractivity contribution in [3.63, 3.8) is 0 Å². The van der Waals surface area contributed by atoms with Gasteiger partial charge in [0, 0.05) is 5.02 Å². The molecule has 0 spiro atoms. The van der Waals surface area contributed by atoms with E-state index in [0.29, 0.717) is 17.9 Å². The number of carboxylic acids is 1. The van der Waals surface area contributed by atoms with E-state index in [0.717, 1.165) is 35.7 Å². The van der Waals surface area contributed by atoms with Gasteiger partial charge in [0.15, 0.2) is 11.5 Å². The molecule has 1 unspecified atom stereocenters. The van der Waals surface area contributed by atoms with E-state index >= 15 is 0 Å². The molecule has 2 aromatic rings. The van der Waals surface area contributed by atoms with Gasteiger partial charge in [-0.05, 0) is 61.3 Å². The van der Waals surface area contributed by atoms with Gasteiger partial charge in [-0.1, -0.05) is 29.8 Å². The highest BCUT2D eigenvalue weighted by Gasteiger charge is 2.31. The third kappa shape index (κ3) is 3.37. The van der Waals surface area contributed by atoms with Gasteiger partial charge in [0.05, 0.1) is 12.0 Å². The van der Waals surface area contributed by atoms with Crippen LogP contribution >= 0.6 is 11.6 Å². The Kier molecular flexibility index (Phi) is 4.74. The maximum absolute atomic E-state index is 11.3. The molecular formula is C20H20ClNO4. The lowest BCUT2D eigenvalue weighted by molar-refractivity contribution is -0.143. The van der Waals surface area contributed by atoms with Gasteiger partial charge in [-0.2, -0.15) is 0 Å². The second-order valence-corrected chi connectivity index (χ2v) is 7.15. The van der Waals surface area contributed by atoms with Crippen molar-refractivity contribution < 1.29 is 19.4 Å². The predicted octanol–water partition coefficient (Wildman–Crippen LogP) is 3.95. The van der Waals surface area contributed by atoms with Crippen molar-refractivity contribution in [3.8, 4) is 11.5 Å². The van der Waals surface area contributed by atoms with Gasteiger partial charge in [-0.3, -0.25) is 9.69 Å². The third-order valence-electron chi connectivity index (χ3n) is 5.14. The molecule has 1 atom stereocenters. The van der Waals surface area contributed by atoms with Crippen molar-refractivity contribution >= 4 is 17.6 Å². The summed E-state index contributed by atoms with van der Waals surface area (Å²) in [6.07, 6.45) is 1.31. The van der Waals surface area contributed by atoms with Gasteiger partial charge >= 0.3 is 5.97 Å². The molecule has 1 fully saturated rings. The average Bonchev–Trinajstić information content (AvgIpc) is 3.12. The summed E-state index contributed by atoms with van der Waals surface area (Å²) in [7, 11) is 0. The van der Waals surface area contributed by atoms with Crippen LogP contribution in [0, 0.1) is 5.92 Å². The van der Waals surface area contributed by atoms with Gasteiger partial charge in [-0.25, -0.2) is 0 Å². The molecule has 136 valence electrons. The highest BCUT2D eigenvalue weighted by atomic mass is 35.5. The molecule has 0 aliphatic carbocycles. The van der Waals surface area contributed by atoms with Crippen molar-refractivity contribution in [2.24, 2.45) is 5.92 Å². The van der Waals surface area contributed by atoms with Crippen LogP contribution in [-0.2, 0) is 4.79 Å². The minimum absolute atomic E-state index is 0.0245. The van der Waals surface area contributed by atoms with Crippen molar-refractivity contribution in [2.75, 3.05) is 19.9 Å². The van der Waals surface area contributed by atoms with Crippen LogP contribution in [0.1, 0.15) is 30.0 Å². The lowest BCUT2D eigenvalue weighted by Crippen LogP contribution is -2.39. The monoisotopic (exact) mass is 373 g/mol. The first-order valence-corrected chi connectivity index (χ1v) is 9.11. The Morgan fingerprint density at radius 3 is 2.38 bits per heavy atom. The van der Waals surface area contributed by atoms with Crippen LogP contribution in [0.2, 0.25) is 5.02 Å². The largest absolute Gasteiger partial charge is 0.481 e. The number of halogens is 1. The third-order valence-corrected chi connectivity index (χ3v) is 5.39. The molecule has 6 heteroatoms. The van der Waals surface area contributed by atoms with Crippen LogP contribution in [0.4, 0.5) is 0 Å². The second-order valence-electron chi connectivity index (χ2n) is 6.72. The number of nitrogens with zero attached hydrogens (tertiary/aromatic N) is 1. The normalized spacial score (nSPS) is 18.7. The summed E-state index contributed by atoms with van der Waals surface area (Å²) >= 11 is 6.06. The first-order chi connectivity index (χ1) is 12.6. The number of likely N-dealkylation sites (tertiary alicyclic amines) is 1. The Balaban J connectivity index is 1.66. The van der Waals surface area contributed by atoms with E-state index in [1.807, 2.05) is 36.4 Å². The Morgan fingerprint density at radius 2 is 1.69 bits per heavy atom. The van der Waals surface area contributed by atoms with E-state index in [9.17, 15) is 9.90 Å². The van der Waals surface area contributed by atoms with Gasteiger partial charge in [0.1, 0.15) is 0 Å². The number of carboxylic acid groups (broad SMARTS) is 1. The van der Waals surface area contributed by atoms with E-state index in [1.165, 1.54) is 0 Å². The number of rotatable bonds is 4. The quantitative estimate of drug-likeness (QED) is 0.879. The Labute approximate surface area is 157 Å². The first kappa shape index (κ1) is 17.2. The van der Waals surface area contributed by atoms with Crippen molar-refractivity contribution in [1.82, 2.24) is 4.90 Å². The van der Waals surface area contributed by atoms with Crippen LogP contribution in [0.15, 0.2) is 42.5 Å². The predicted molar refractivity (Wildman–Crippen MR) is 97.8 cm³/mol. The molecule has 0 aromatic heterocycles. The lowest BCUT2D eigenvalue weighted by atomic mass is 9.91. The molecule has 4 rings (SSSR count). The number of ether oxygens (including phenoxy) is 2. The van der Waals surface area contributed by atoms with Crippen molar-refractivity contribution in [3.05, 3.63) is 58.6 Å². The molecule has 0 bridgehead atoms. The van der Waals surface area contributed by atoms with Crippen molar-refractivity contribution in [1.29, 1.82) is 0 Å². The van der Waals surface area contributed by atoms with Crippen LogP contribution in [0.5, 0.6) is 11.5 Å². The molecule has 2 heterocycles. The van der Waals surface area contributed by atoms with E-state index in [1.54, 1.807) is 0 Å². The standard InChI is InChI=1S/C20H20ClNO4/c21-16-4-1-13(2-5-16)19(22-9-7-14(8-10-22)20(23)24)15-3-6-17-18(11-15)26-12-25-17/h1-6,11,14,19H,7-10,12H2,(H,23,24). The smallest absolute Gasteiger partial charge is 0.306 e. The highest BCUT2D eigenvalue weighted by Crippen LogP contribution is 2.39. The molecule has 2 aliphatic heterocycles. The van der Waals surface area contributed by atoms with E-state index in [-0.39, 0.29) is 18.8 Å². The first-order valence-electron chi connectivity index (χ1n) is 8.73. The number of hydrogen-bond donors (Lipinski definition) is 1. The van der Waals surface area contributed by atoms with Gasteiger partial charge in [0.25, 0.3) is 0 Å². The summed E-state index contributed by atoms with van der Waals surface area (Å²) in [5, 5.41) is 9.97. The molecule has 5 nitrogen and oxygen atoms in total. The van der Waals surface area contributed by atoms with Crippen molar-refractivity contribution in [2.45, 2.75) is 18.9 Å². The number of aliphatic carboxylic acids is 1. The van der Waals surface area contributed by atoms with Gasteiger partial charge in [-0.15, -0.1) is 0 Å². The minimum atomic E-state index is -0.698. The molecule has 2 aliphatic rings. The number of benzene rings is 2. The Bertz CT molecular complexity index is 800. The zero-order valence-electron chi connectivity index (χ0n) is 14.2. The molecular weight excluding hydrogens is 354 g/mol. The number of piperidine rings is 1. The molecule has 1 N–H and O–H groups in total. The number of carbonyl (C=O) groups is 1. The number of hydrogen-bond acceptors (Lipinski definition) is 4. The fourth-order valence-corrected chi connectivity index (χ4v) is 3.87. The van der Waals surface area contributed by atoms with Crippen LogP contribution in [-0.4, -0.2) is 35.9 Å². The summed E-state index contributed by atoms with van der Waals surface area (Å²) in [6, 6.07) is 13.9. The molecule has 1 saturated heterocycles. The summed E-state index contributed by atoms with van der Waals surface area (Å²) in [5.74, 6) is 0.555. The average molecular weight is 374 g/mol. The topological polar surface area (TPSA) is 59.0 Å². The zero-order chi connectivity index (χ0) is 18.1. The lowest BCUT2D eigenvalue weighted by Gasteiger charge is -2.37. The fraction of sp³-hybridized carbons (Fsp3) is 0.350.